The zero-order chi connectivity index (χ0) is 41.8. The number of rotatable bonds is 16. The molecule has 2 aliphatic carbocycles. The van der Waals surface area contributed by atoms with Crippen molar-refractivity contribution in [2.45, 2.75) is 77.4 Å². The largest absolute Gasteiger partial charge is 0.444 e. The number of carbonyl (C=O) groups excluding carboxylic acids is 4. The van der Waals surface area contributed by atoms with Crippen LogP contribution in [0.5, 0.6) is 0 Å². The van der Waals surface area contributed by atoms with Crippen molar-refractivity contribution in [3.8, 4) is 11.5 Å². The minimum atomic E-state index is -2.92. The van der Waals surface area contributed by atoms with Crippen LogP contribution in [0.3, 0.4) is 0 Å². The smallest absolute Gasteiger partial charge is 0.416 e. The lowest BCUT2D eigenvalue weighted by atomic mass is 9.86. The van der Waals surface area contributed by atoms with Crippen LogP contribution < -0.4 is 10.2 Å². The minimum Gasteiger partial charge on any atom is -0.444 e. The Morgan fingerprint density at radius 1 is 0.983 bits per heavy atom. The Labute approximate surface area is 341 Å². The number of fused-ring (bicyclic) bond motifs is 1. The highest BCUT2D eigenvalue weighted by Crippen LogP contribution is 2.36. The minimum absolute atomic E-state index is 0.0913. The summed E-state index contributed by atoms with van der Waals surface area (Å²) in [5.41, 5.74) is -0.130. The van der Waals surface area contributed by atoms with E-state index in [1.165, 1.54) is 26.9 Å². The molecule has 1 aromatic carbocycles. The summed E-state index contributed by atoms with van der Waals surface area (Å²) in [7, 11) is 2.01. The number of pyridine rings is 1. The average Bonchev–Trinajstić information content (AvgIpc) is 3.60. The molecule has 17 heteroatoms. The third-order valence-electron chi connectivity index (χ3n) is 10.7. The van der Waals surface area contributed by atoms with Gasteiger partial charge in [-0.1, -0.05) is 12.1 Å². The highest BCUT2D eigenvalue weighted by molar-refractivity contribution is 6.21. The number of benzene rings is 1. The van der Waals surface area contributed by atoms with E-state index in [1.54, 1.807) is 57.2 Å². The third kappa shape index (κ3) is 10.2. The number of carbonyl (C=O) groups is 4. The summed E-state index contributed by atoms with van der Waals surface area (Å²) >= 11 is 0. The number of nitrogens with zero attached hydrogens (tertiary/aromatic N) is 7. The molecule has 314 valence electrons. The van der Waals surface area contributed by atoms with E-state index < -0.39 is 29.7 Å². The van der Waals surface area contributed by atoms with Gasteiger partial charge >= 0.3 is 6.09 Å². The molecule has 59 heavy (non-hydrogen) atoms. The lowest BCUT2D eigenvalue weighted by Gasteiger charge is -2.31. The van der Waals surface area contributed by atoms with Gasteiger partial charge in [-0.2, -0.15) is 5.10 Å². The Balaban J connectivity index is 0.885. The lowest BCUT2D eigenvalue weighted by molar-refractivity contribution is 0.0532. The van der Waals surface area contributed by atoms with E-state index >= 15 is 0 Å². The van der Waals surface area contributed by atoms with Gasteiger partial charge in [-0.15, -0.1) is 0 Å². The number of nitrogens with one attached hydrogen (secondary N) is 1. The molecule has 0 bridgehead atoms. The molecule has 3 aliphatic rings. The van der Waals surface area contributed by atoms with E-state index in [4.69, 9.17) is 13.9 Å². The van der Waals surface area contributed by atoms with Crippen molar-refractivity contribution in [2.75, 3.05) is 56.7 Å². The number of imide groups is 1. The average molecular weight is 817 g/mol. The number of hydrogen-bond acceptors (Lipinski definition) is 11. The fourth-order valence-corrected chi connectivity index (χ4v) is 7.43. The van der Waals surface area contributed by atoms with Gasteiger partial charge in [0.15, 0.2) is 11.4 Å². The topological polar surface area (TPSA) is 165 Å². The molecule has 0 radical (unpaired) electrons. The third-order valence-corrected chi connectivity index (χ3v) is 10.7. The van der Waals surface area contributed by atoms with E-state index in [2.05, 4.69) is 25.3 Å². The molecule has 0 saturated heterocycles. The Morgan fingerprint density at radius 3 is 2.32 bits per heavy atom. The van der Waals surface area contributed by atoms with Gasteiger partial charge in [-0.25, -0.2) is 23.5 Å². The van der Waals surface area contributed by atoms with Crippen LogP contribution in [0.25, 0.3) is 11.5 Å². The van der Waals surface area contributed by atoms with Gasteiger partial charge in [0.05, 0.1) is 42.6 Å². The van der Waals surface area contributed by atoms with Crippen molar-refractivity contribution in [1.82, 2.24) is 29.5 Å². The predicted molar refractivity (Wildman–Crippen MR) is 212 cm³/mol. The zero-order valence-electron chi connectivity index (χ0n) is 33.7. The fraction of sp³-hybridized carbons (Fsp3) is 0.500. The van der Waals surface area contributed by atoms with Crippen LogP contribution in [0.4, 0.5) is 25.1 Å². The summed E-state index contributed by atoms with van der Waals surface area (Å²) in [5.74, 6) is -0.131. The number of anilines is 2. The molecular weight excluding hydrogens is 767 g/mol. The van der Waals surface area contributed by atoms with E-state index in [0.29, 0.717) is 54.0 Å². The molecule has 15 nitrogen and oxygen atoms in total. The number of alkyl halides is 2. The molecule has 1 aliphatic heterocycles. The number of likely N-dealkylation sites (N-methyl/N-ethyl adjacent to an activating group) is 1. The zero-order valence-corrected chi connectivity index (χ0v) is 33.7. The molecule has 2 fully saturated rings. The maximum absolute atomic E-state index is 14.2. The summed E-state index contributed by atoms with van der Waals surface area (Å²) in [6, 6.07) is 9.95. The van der Waals surface area contributed by atoms with Crippen molar-refractivity contribution in [1.29, 1.82) is 0 Å². The van der Waals surface area contributed by atoms with Crippen LogP contribution in [0.15, 0.2) is 59.5 Å². The maximum atomic E-state index is 14.2. The van der Waals surface area contributed by atoms with Gasteiger partial charge in [0, 0.05) is 37.6 Å². The van der Waals surface area contributed by atoms with Crippen molar-refractivity contribution < 1.29 is 41.8 Å². The lowest BCUT2D eigenvalue weighted by Crippen LogP contribution is -2.38. The fourth-order valence-electron chi connectivity index (χ4n) is 7.43. The molecular formula is C42H50F2N8O7. The van der Waals surface area contributed by atoms with Gasteiger partial charge in [0.1, 0.15) is 17.7 Å². The number of halogens is 2. The summed E-state index contributed by atoms with van der Waals surface area (Å²) in [6.07, 6.45) is 5.91. The molecule has 3 aromatic heterocycles. The van der Waals surface area contributed by atoms with Crippen molar-refractivity contribution >= 4 is 35.3 Å². The number of hydrogen-bond donors (Lipinski definition) is 1. The monoisotopic (exact) mass is 816 g/mol. The maximum Gasteiger partial charge on any atom is 0.416 e. The first-order valence-corrected chi connectivity index (χ1v) is 20.1. The van der Waals surface area contributed by atoms with E-state index in [1.807, 2.05) is 7.05 Å². The Hall–Kier alpha value is -5.55. The van der Waals surface area contributed by atoms with E-state index in [-0.39, 0.29) is 48.3 Å². The highest BCUT2D eigenvalue weighted by Gasteiger charge is 2.35. The van der Waals surface area contributed by atoms with Crippen LogP contribution in [-0.2, 0) is 9.47 Å². The molecule has 0 atom stereocenters. The normalized spacial score (nSPS) is 18.1. The quantitative estimate of drug-likeness (QED) is 0.0895. The van der Waals surface area contributed by atoms with Crippen LogP contribution in [-0.4, -0.2) is 105 Å². The molecule has 4 aromatic rings. The Kier molecular flexibility index (Phi) is 12.5. The van der Waals surface area contributed by atoms with E-state index in [9.17, 15) is 28.0 Å². The van der Waals surface area contributed by atoms with Gasteiger partial charge in [-0.05, 0) is 102 Å². The first-order chi connectivity index (χ1) is 28.2. The summed E-state index contributed by atoms with van der Waals surface area (Å²) in [4.78, 5) is 65.1. The van der Waals surface area contributed by atoms with Crippen molar-refractivity contribution in [3.05, 3.63) is 77.6 Å². The molecule has 4 amide bonds. The molecule has 0 spiro atoms. The molecule has 2 saturated carbocycles. The number of aromatic nitrogens is 4. The van der Waals surface area contributed by atoms with Crippen LogP contribution >= 0.6 is 0 Å². The van der Waals surface area contributed by atoms with Gasteiger partial charge in [0.2, 0.25) is 5.89 Å². The summed E-state index contributed by atoms with van der Waals surface area (Å²) in [6.45, 7) is 8.23. The number of ether oxygens (including phenoxy) is 2. The van der Waals surface area contributed by atoms with Gasteiger partial charge < -0.3 is 24.1 Å². The highest BCUT2D eigenvalue weighted by atomic mass is 19.3. The van der Waals surface area contributed by atoms with Crippen molar-refractivity contribution in [3.63, 3.8) is 0 Å². The van der Waals surface area contributed by atoms with Gasteiger partial charge in [0.25, 0.3) is 24.1 Å². The van der Waals surface area contributed by atoms with Crippen molar-refractivity contribution in [2.24, 2.45) is 11.8 Å². The van der Waals surface area contributed by atoms with Crippen LogP contribution in [0.2, 0.25) is 0 Å². The van der Waals surface area contributed by atoms with E-state index in [0.717, 1.165) is 51.3 Å². The molecule has 4 heterocycles. The number of amides is 4. The predicted octanol–water partition coefficient (Wildman–Crippen LogP) is 7.25. The summed E-state index contributed by atoms with van der Waals surface area (Å²) in [5, 5.41) is 6.75. The second-order valence-corrected chi connectivity index (χ2v) is 16.5. The first kappa shape index (κ1) is 41.6. The second-order valence-electron chi connectivity index (χ2n) is 16.5. The molecule has 0 unspecified atom stereocenters. The van der Waals surface area contributed by atoms with Crippen LogP contribution in [0, 0.1) is 11.8 Å². The standard InChI is InChI=1S/C42H50F2N8O7/c1-42(2,3)59-41(56)51(23-27-9-10-27)34-21-28(15-16-45-34)38-47-33(25-58-38)37(53)46-32-24-52(48-35(32)36(43)44)29-13-11-26(12-14-29)22-49(4)17-19-57-20-18-50-39(54)30-7-5-6-8-31(30)40(50)55/h5-8,15-16,21,24-27,29,36H,9-14,17-20,22-23H2,1-4H3,(H,46,53). The van der Waals surface area contributed by atoms with Crippen LogP contribution in [0.1, 0.15) is 109 Å². The molecule has 1 N–H and O–H groups in total. The Morgan fingerprint density at radius 2 is 1.66 bits per heavy atom. The Bertz CT molecular complexity index is 2120. The second kappa shape index (κ2) is 17.7. The SMILES string of the molecule is CN(CCOCCN1C(=O)c2ccccc2C1=O)CC1CCC(n2cc(NC(=O)c3coc(-c4ccnc(N(CC5CC5)C(=O)OC(C)(C)C)c4)n3)c(C(F)F)n2)CC1. The number of oxazole rings is 1. The summed E-state index contributed by atoms with van der Waals surface area (Å²) < 4.78 is 46.9. The first-order valence-electron chi connectivity index (χ1n) is 20.1. The molecule has 7 rings (SSSR count). The van der Waals surface area contributed by atoms with Gasteiger partial charge in [-0.3, -0.25) is 28.9 Å².